The first-order chi connectivity index (χ1) is 59.1. The summed E-state index contributed by atoms with van der Waals surface area (Å²) in [6.45, 7) is 30.4. The Kier molecular flexibility index (Phi) is 32.4. The summed E-state index contributed by atoms with van der Waals surface area (Å²) in [5.74, 6) is 0.912. The number of likely N-dealkylation sites (N-methyl/N-ethyl adjacent to an activating group) is 3. The van der Waals surface area contributed by atoms with Crippen molar-refractivity contribution in [3.8, 4) is 49.4 Å². The number of likely N-dealkylation sites (tertiary alicyclic amines) is 2. The molecule has 10 heterocycles. The van der Waals surface area contributed by atoms with Crippen LogP contribution in [0.1, 0.15) is 148 Å². The smallest absolute Gasteiger partial charge is 0.434 e. The first kappa shape index (κ1) is 97.6. The van der Waals surface area contributed by atoms with E-state index in [9.17, 15) is 63.5 Å². The normalized spacial score (nSPS) is 17.1. The minimum Gasteiger partial charge on any atom is -0.488 e. The number of pyridine rings is 3. The second kappa shape index (κ2) is 41.9. The molecule has 126 heavy (non-hydrogen) atoms. The number of carbonyl (C=O) groups is 5. The van der Waals surface area contributed by atoms with Crippen molar-refractivity contribution < 1.29 is 82.4 Å². The molecule has 0 radical (unpaired) electrons. The lowest BCUT2D eigenvalue weighted by atomic mass is 10.0. The number of unbranched alkanes of at least 4 members (excludes halogenated alkanes) is 6. The fourth-order valence-corrected chi connectivity index (χ4v) is 17.1. The molecule has 676 valence electrons. The van der Waals surface area contributed by atoms with Gasteiger partial charge in [-0.2, -0.15) is 39.5 Å². The highest BCUT2D eigenvalue weighted by Crippen LogP contribution is 2.43. The van der Waals surface area contributed by atoms with Crippen molar-refractivity contribution in [2.45, 2.75) is 200 Å². The molecule has 3 unspecified atom stereocenters. The lowest BCUT2D eigenvalue weighted by molar-refractivity contribution is -0.141. The SMILES string of the molecule is C=CCCCCN(C)C(=O)[C@@H]1CC(Oc2cc(-c3nc(C(F)(F)F)cs3)nc3c(C)c(C)ccc23)CN1.C=CCCCCN(C)C(=O)[C@@H]1CC(Oc2cc(-c3nc(C(F)(F)F)cs3)nc3c(C)c(C)ccc23)CN1C(=O)OC(C)(C)C.C=CCCCCN(C)C(=O)[C@@H]1CC(Oc2cc(-c3nc(C(F)(F)F)cs3)nc3c(C)c(C)ccc23)CN1C(=O)n1ccnc1.Cl. The molecule has 23 nitrogen and oxygen atoms in total. The quantitative estimate of drug-likeness (QED) is 0.0286. The van der Waals surface area contributed by atoms with Crippen LogP contribution in [0.25, 0.3) is 64.8 Å². The maximum Gasteiger partial charge on any atom is 0.434 e. The molecule has 5 amide bonds. The zero-order chi connectivity index (χ0) is 90.7. The number of aryl methyl sites for hydroxylation is 6. The van der Waals surface area contributed by atoms with Gasteiger partial charge >= 0.3 is 30.7 Å². The minimum absolute atomic E-state index is 0. The van der Waals surface area contributed by atoms with E-state index in [1.807, 2.05) is 103 Å². The molecule has 3 saturated heterocycles. The van der Waals surface area contributed by atoms with E-state index in [4.69, 9.17) is 18.9 Å². The summed E-state index contributed by atoms with van der Waals surface area (Å²) in [4.78, 5) is 104. The van der Waals surface area contributed by atoms with E-state index in [0.717, 1.165) is 147 Å². The van der Waals surface area contributed by atoms with Crippen molar-refractivity contribution in [3.05, 3.63) is 178 Å². The van der Waals surface area contributed by atoms with E-state index in [1.165, 1.54) is 33.1 Å². The highest BCUT2D eigenvalue weighted by molar-refractivity contribution is 7.13. The number of benzene rings is 3. The number of ether oxygens (including phenoxy) is 4. The minimum atomic E-state index is -4.58. The van der Waals surface area contributed by atoms with Gasteiger partial charge in [0.15, 0.2) is 17.1 Å². The van der Waals surface area contributed by atoms with Crippen molar-refractivity contribution in [1.82, 2.24) is 69.3 Å². The number of aromatic nitrogens is 8. The van der Waals surface area contributed by atoms with Gasteiger partial charge in [-0.15, -0.1) is 66.2 Å². The van der Waals surface area contributed by atoms with Crippen LogP contribution in [0.15, 0.2) is 127 Å². The second-order valence-corrected chi connectivity index (χ2v) is 35.0. The zero-order valence-corrected chi connectivity index (χ0v) is 75.5. The Bertz CT molecular complexity index is 5560. The number of hydrogen-bond acceptors (Lipinski definition) is 20. The Balaban J connectivity index is 0.000000197. The van der Waals surface area contributed by atoms with Crippen LogP contribution in [0, 0.1) is 41.5 Å². The molecule has 3 aliphatic heterocycles. The maximum absolute atomic E-state index is 13.6. The number of nitrogens with one attached hydrogen (secondary N) is 1. The number of thiazole rings is 3. The molecule has 3 aliphatic rings. The van der Waals surface area contributed by atoms with Gasteiger partial charge < -0.3 is 43.9 Å². The predicted octanol–water partition coefficient (Wildman–Crippen LogP) is 20.4. The first-order valence-electron chi connectivity index (χ1n) is 41.1. The third-order valence-corrected chi connectivity index (χ3v) is 24.6. The summed E-state index contributed by atoms with van der Waals surface area (Å²) < 4.78 is 146. The summed E-state index contributed by atoms with van der Waals surface area (Å²) in [6, 6.07) is 13.9. The van der Waals surface area contributed by atoms with Crippen molar-refractivity contribution in [3.63, 3.8) is 0 Å². The van der Waals surface area contributed by atoms with Gasteiger partial charge in [-0.3, -0.25) is 23.9 Å². The zero-order valence-electron chi connectivity index (χ0n) is 72.2. The molecule has 3 fully saturated rings. The van der Waals surface area contributed by atoms with E-state index in [1.54, 1.807) is 67.8 Å². The molecule has 0 spiro atoms. The number of carbonyl (C=O) groups excluding carboxylic acids is 5. The van der Waals surface area contributed by atoms with E-state index in [2.05, 4.69) is 59.9 Å². The lowest BCUT2D eigenvalue weighted by Crippen LogP contribution is -2.48. The fourth-order valence-electron chi connectivity index (χ4n) is 14.7. The third-order valence-electron chi connectivity index (χ3n) is 22.0. The molecular formula is C90H104ClF9N14O9S3. The summed E-state index contributed by atoms with van der Waals surface area (Å²) in [5, 5.41) is 8.69. The summed E-state index contributed by atoms with van der Waals surface area (Å²) in [7, 11) is 5.25. The molecule has 13 rings (SSSR count). The van der Waals surface area contributed by atoms with Gasteiger partial charge in [0, 0.05) is 129 Å². The van der Waals surface area contributed by atoms with Crippen LogP contribution in [0.3, 0.4) is 0 Å². The molecule has 1 N–H and O–H groups in total. The highest BCUT2D eigenvalue weighted by atomic mass is 35.5. The average Bonchev–Trinajstić information content (AvgIpc) is 1.46. The number of hydrogen-bond donors (Lipinski definition) is 1. The van der Waals surface area contributed by atoms with Crippen molar-refractivity contribution >= 4 is 109 Å². The van der Waals surface area contributed by atoms with Crippen LogP contribution in [0.4, 0.5) is 49.1 Å². The summed E-state index contributed by atoms with van der Waals surface area (Å²) >= 11 is 2.60. The van der Waals surface area contributed by atoms with E-state index < -0.39 is 77.6 Å². The van der Waals surface area contributed by atoms with Gasteiger partial charge in [0.25, 0.3) is 0 Å². The van der Waals surface area contributed by atoms with Crippen molar-refractivity contribution in [2.24, 2.45) is 0 Å². The number of alkyl halides is 9. The molecule has 7 aromatic heterocycles. The number of imidazole rings is 1. The van der Waals surface area contributed by atoms with Gasteiger partial charge in [-0.05, 0) is 172 Å². The Hall–Kier alpha value is -10.6. The van der Waals surface area contributed by atoms with Crippen LogP contribution in [-0.2, 0) is 37.6 Å². The molecule has 6 atom stereocenters. The monoisotopic (exact) mass is 1830 g/mol. The van der Waals surface area contributed by atoms with Gasteiger partial charge in [0.2, 0.25) is 17.7 Å². The van der Waals surface area contributed by atoms with Crippen molar-refractivity contribution in [2.75, 3.05) is 60.4 Å². The van der Waals surface area contributed by atoms with E-state index in [0.29, 0.717) is 82.9 Å². The highest BCUT2D eigenvalue weighted by Gasteiger charge is 2.46. The maximum atomic E-state index is 13.6. The Morgan fingerprint density at radius 2 is 0.857 bits per heavy atom. The molecule has 0 saturated carbocycles. The fraction of sp³-hybridized carbons (Fsp3) is 0.444. The first-order valence-corrected chi connectivity index (χ1v) is 43.7. The number of halogens is 10. The summed E-state index contributed by atoms with van der Waals surface area (Å²) in [5.41, 5.74) is 4.54. The summed E-state index contributed by atoms with van der Waals surface area (Å²) in [6.07, 6.45) is 3.10. The van der Waals surface area contributed by atoms with Gasteiger partial charge in [-0.25, -0.2) is 44.5 Å². The van der Waals surface area contributed by atoms with Gasteiger partial charge in [0.1, 0.15) is 91.7 Å². The predicted molar refractivity (Wildman–Crippen MR) is 473 cm³/mol. The Morgan fingerprint density at radius 1 is 0.500 bits per heavy atom. The molecule has 36 heteroatoms. The molecule has 3 aromatic carbocycles. The Morgan fingerprint density at radius 3 is 1.20 bits per heavy atom. The van der Waals surface area contributed by atoms with Crippen LogP contribution in [-0.4, -0.2) is 196 Å². The lowest BCUT2D eigenvalue weighted by Gasteiger charge is -2.30. The van der Waals surface area contributed by atoms with Gasteiger partial charge in [0.05, 0.1) is 35.7 Å². The third kappa shape index (κ3) is 24.0. The Labute approximate surface area is 743 Å². The topological polar surface area (TPSA) is 246 Å². The van der Waals surface area contributed by atoms with E-state index in [-0.39, 0.29) is 94.6 Å². The number of amides is 5. The second-order valence-electron chi connectivity index (χ2n) is 32.4. The van der Waals surface area contributed by atoms with Crippen LogP contribution < -0.4 is 19.5 Å². The number of nitrogens with zero attached hydrogens (tertiary/aromatic N) is 13. The molecule has 10 aromatic rings. The standard InChI is InChI=1S/C32H39F3N4O4S.C31H33F3N6O3S.C27H31F3N4O2S.ClH/c1-8-9-10-11-14-38(7)29(40)24-15-21(17-39(24)30(41)43-31(4,5)6)42-25-16-23(28-37-26(18-44-28)32(33,34)35)36-27-20(3)19(2)12-13-22(25)27;1-5-6-7-8-12-38(4)29(41)24-14-21(16-40(24)30(42)39-13-11-35-18-39)43-25-15-23(28-37-26(17-44-28)31(32,33)34)36-27-20(3)19(2)9-10-22(25)27;1-5-6-7-8-11-34(4)26(35)21-12-18(14-31-21)36-22-13-20(25-33-23(15-37-25)27(28,29)30)32-24-17(3)16(2)9-10-19(22)24;/h8,12-13,16,18,21,24H,1,9-11,14-15,17H2,2-7H3;5,9-11,13,15,17-18,21,24H,1,6-8,12,14,16H2,2-4H3;5,9-10,13,15,18,21,31H,1,6-8,11-12,14H2,2-4H3;1H/t2*21?,24-;18?,21-;/m000./s1. The number of allylic oxidation sites excluding steroid dienone is 3. The number of rotatable bonds is 27. The van der Waals surface area contributed by atoms with Gasteiger partial charge in [-0.1, -0.05) is 36.4 Å². The number of fused-ring (bicyclic) bond motifs is 3. The average molecular weight is 1830 g/mol. The van der Waals surface area contributed by atoms with Crippen LogP contribution >= 0.6 is 46.4 Å². The largest absolute Gasteiger partial charge is 0.488 e. The molecular weight excluding hydrogens is 1720 g/mol. The van der Waals surface area contributed by atoms with Crippen LogP contribution in [0.2, 0.25) is 0 Å². The van der Waals surface area contributed by atoms with Crippen molar-refractivity contribution in [1.29, 1.82) is 0 Å². The molecule has 0 aliphatic carbocycles. The van der Waals surface area contributed by atoms with E-state index >= 15 is 0 Å². The molecule has 0 bridgehead atoms. The van der Waals surface area contributed by atoms with Crippen LogP contribution in [0.5, 0.6) is 17.2 Å².